The molecular formula is C19H22Cl2N2O4. The standard InChI is InChI=1S/C19H22Cl2N2O4/c20-14-4-6-15(17(21)9-14)16-5-3-12(8-18(16)23(26)27)10-22-7-1-2-13(11-22)19(24)25/h3-4,6,9,13,16,18H,1-2,5,7-8,10-11H2,(H,24,25)/t13-,16?,18?/m1/s1. The SMILES string of the molecule is O=C(O)[C@@H]1CCCN(CC2=CCC(c3ccc(Cl)cc3Cl)C([N+](=O)[O-])C2)C1. The molecule has 1 fully saturated rings. The smallest absolute Gasteiger partial charge is 0.307 e. The molecule has 1 aliphatic carbocycles. The number of benzene rings is 1. The summed E-state index contributed by atoms with van der Waals surface area (Å²) in [5, 5.41) is 21.9. The number of hydrogen-bond acceptors (Lipinski definition) is 4. The van der Waals surface area contributed by atoms with Crippen molar-refractivity contribution in [1.82, 2.24) is 4.90 Å². The molecule has 0 aromatic heterocycles. The molecule has 2 aliphatic rings. The van der Waals surface area contributed by atoms with E-state index in [4.69, 9.17) is 23.2 Å². The molecule has 1 saturated heterocycles. The van der Waals surface area contributed by atoms with E-state index in [0.717, 1.165) is 24.1 Å². The molecule has 0 amide bonds. The molecule has 0 saturated carbocycles. The molecule has 1 aliphatic heterocycles. The molecule has 1 heterocycles. The van der Waals surface area contributed by atoms with E-state index < -0.39 is 12.0 Å². The second-order valence-corrected chi connectivity index (χ2v) is 8.18. The maximum absolute atomic E-state index is 11.7. The van der Waals surface area contributed by atoms with Gasteiger partial charge in [0.15, 0.2) is 0 Å². The van der Waals surface area contributed by atoms with Gasteiger partial charge in [-0.3, -0.25) is 19.8 Å². The van der Waals surface area contributed by atoms with Crippen LogP contribution >= 0.6 is 23.2 Å². The van der Waals surface area contributed by atoms with Crippen LogP contribution in [0.2, 0.25) is 10.0 Å². The molecule has 8 heteroatoms. The predicted molar refractivity (Wildman–Crippen MR) is 104 cm³/mol. The van der Waals surface area contributed by atoms with Gasteiger partial charge in [-0.15, -0.1) is 0 Å². The minimum absolute atomic E-state index is 0.223. The number of carboxylic acid groups (broad SMARTS) is 1. The molecule has 0 spiro atoms. The highest BCUT2D eigenvalue weighted by Gasteiger charge is 2.37. The van der Waals surface area contributed by atoms with Crippen molar-refractivity contribution in [1.29, 1.82) is 0 Å². The number of likely N-dealkylation sites (tertiary alicyclic amines) is 1. The lowest BCUT2D eigenvalue weighted by molar-refractivity contribution is -0.527. The highest BCUT2D eigenvalue weighted by atomic mass is 35.5. The first-order valence-corrected chi connectivity index (χ1v) is 9.82. The van der Waals surface area contributed by atoms with Gasteiger partial charge in [-0.05, 0) is 43.5 Å². The minimum atomic E-state index is -0.766. The van der Waals surface area contributed by atoms with Gasteiger partial charge in [-0.25, -0.2) is 0 Å². The van der Waals surface area contributed by atoms with E-state index in [-0.39, 0.29) is 16.8 Å². The van der Waals surface area contributed by atoms with Crippen LogP contribution in [0, 0.1) is 16.0 Å². The summed E-state index contributed by atoms with van der Waals surface area (Å²) in [5.41, 5.74) is 1.76. The van der Waals surface area contributed by atoms with Gasteiger partial charge in [0.05, 0.1) is 11.8 Å². The van der Waals surface area contributed by atoms with E-state index in [2.05, 4.69) is 11.0 Å². The average Bonchev–Trinajstić information content (AvgIpc) is 2.62. The van der Waals surface area contributed by atoms with Crippen molar-refractivity contribution in [3.63, 3.8) is 0 Å². The van der Waals surface area contributed by atoms with Crippen LogP contribution in [0.4, 0.5) is 0 Å². The first-order valence-electron chi connectivity index (χ1n) is 9.06. The molecule has 0 bridgehead atoms. The van der Waals surface area contributed by atoms with E-state index in [9.17, 15) is 20.0 Å². The highest BCUT2D eigenvalue weighted by molar-refractivity contribution is 6.35. The largest absolute Gasteiger partial charge is 0.481 e. The lowest BCUT2D eigenvalue weighted by Gasteiger charge is -2.33. The van der Waals surface area contributed by atoms with Crippen LogP contribution in [0.3, 0.4) is 0 Å². The summed E-state index contributed by atoms with van der Waals surface area (Å²) in [6.45, 7) is 1.92. The van der Waals surface area contributed by atoms with Gasteiger partial charge >= 0.3 is 5.97 Å². The molecule has 1 aromatic carbocycles. The zero-order valence-corrected chi connectivity index (χ0v) is 16.3. The molecule has 3 atom stereocenters. The van der Waals surface area contributed by atoms with Crippen molar-refractivity contribution >= 4 is 29.2 Å². The van der Waals surface area contributed by atoms with E-state index in [0.29, 0.717) is 42.4 Å². The second-order valence-electron chi connectivity index (χ2n) is 7.34. The summed E-state index contributed by atoms with van der Waals surface area (Å²) < 4.78 is 0. The Morgan fingerprint density at radius 2 is 2.15 bits per heavy atom. The van der Waals surface area contributed by atoms with E-state index in [1.807, 2.05) is 0 Å². The molecule has 146 valence electrons. The highest BCUT2D eigenvalue weighted by Crippen LogP contribution is 2.38. The number of piperidine rings is 1. The Kier molecular flexibility index (Phi) is 6.40. The number of halogens is 2. The third-order valence-electron chi connectivity index (χ3n) is 5.51. The van der Waals surface area contributed by atoms with Crippen molar-refractivity contribution in [3.8, 4) is 0 Å². The third-order valence-corrected chi connectivity index (χ3v) is 6.07. The van der Waals surface area contributed by atoms with Crippen LogP contribution in [0.15, 0.2) is 29.8 Å². The number of aliphatic carboxylic acids is 1. The lowest BCUT2D eigenvalue weighted by Crippen LogP contribution is -2.41. The maximum Gasteiger partial charge on any atom is 0.307 e. The zero-order valence-electron chi connectivity index (χ0n) is 14.8. The van der Waals surface area contributed by atoms with E-state index in [1.165, 1.54) is 0 Å². The summed E-state index contributed by atoms with van der Waals surface area (Å²) in [6, 6.07) is 4.35. The number of rotatable bonds is 5. The van der Waals surface area contributed by atoms with Crippen LogP contribution in [0.1, 0.15) is 37.2 Å². The summed E-state index contributed by atoms with van der Waals surface area (Å²) in [4.78, 5) is 24.8. The van der Waals surface area contributed by atoms with Gasteiger partial charge in [-0.1, -0.05) is 40.9 Å². The fourth-order valence-electron chi connectivity index (χ4n) is 4.12. The van der Waals surface area contributed by atoms with Gasteiger partial charge in [0, 0.05) is 34.5 Å². The summed E-state index contributed by atoms with van der Waals surface area (Å²) in [7, 11) is 0. The quantitative estimate of drug-likeness (QED) is 0.444. The van der Waals surface area contributed by atoms with E-state index in [1.54, 1.807) is 18.2 Å². The van der Waals surface area contributed by atoms with Gasteiger partial charge in [0.1, 0.15) is 0 Å². The fraction of sp³-hybridized carbons (Fsp3) is 0.526. The number of nitrogens with zero attached hydrogens (tertiary/aromatic N) is 2. The monoisotopic (exact) mass is 412 g/mol. The number of hydrogen-bond donors (Lipinski definition) is 1. The first kappa shape index (κ1) is 20.1. The van der Waals surface area contributed by atoms with Gasteiger partial charge in [-0.2, -0.15) is 0 Å². The Labute approximate surface area is 167 Å². The molecular weight excluding hydrogens is 391 g/mol. The summed E-state index contributed by atoms with van der Waals surface area (Å²) >= 11 is 12.2. The number of carbonyl (C=O) groups is 1. The van der Waals surface area contributed by atoms with Crippen LogP contribution in [-0.4, -0.2) is 46.6 Å². The van der Waals surface area contributed by atoms with Gasteiger partial charge in [0.25, 0.3) is 0 Å². The normalized spacial score (nSPS) is 26.4. The Hall–Kier alpha value is -1.63. The Morgan fingerprint density at radius 3 is 2.81 bits per heavy atom. The van der Waals surface area contributed by atoms with Crippen molar-refractivity contribution in [3.05, 3.63) is 55.6 Å². The first-order chi connectivity index (χ1) is 12.8. The van der Waals surface area contributed by atoms with Crippen LogP contribution < -0.4 is 0 Å². The Balaban J connectivity index is 1.74. The topological polar surface area (TPSA) is 83.7 Å². The van der Waals surface area contributed by atoms with Gasteiger partial charge in [0.2, 0.25) is 6.04 Å². The number of carboxylic acids is 1. The van der Waals surface area contributed by atoms with Crippen molar-refractivity contribution in [2.75, 3.05) is 19.6 Å². The molecule has 3 rings (SSSR count). The molecule has 27 heavy (non-hydrogen) atoms. The summed E-state index contributed by atoms with van der Waals surface area (Å²) in [6.07, 6.45) is 4.48. The second kappa shape index (κ2) is 8.59. The van der Waals surface area contributed by atoms with E-state index >= 15 is 0 Å². The van der Waals surface area contributed by atoms with Crippen molar-refractivity contribution in [2.45, 2.75) is 37.6 Å². The summed E-state index contributed by atoms with van der Waals surface area (Å²) in [5.74, 6) is -1.41. The third kappa shape index (κ3) is 4.81. The zero-order chi connectivity index (χ0) is 19.6. The van der Waals surface area contributed by atoms with Gasteiger partial charge < -0.3 is 5.11 Å². The lowest BCUT2D eigenvalue weighted by atomic mass is 9.80. The fourth-order valence-corrected chi connectivity index (χ4v) is 4.67. The Bertz CT molecular complexity index is 768. The minimum Gasteiger partial charge on any atom is -0.481 e. The van der Waals surface area contributed by atoms with Crippen LogP contribution in [0.25, 0.3) is 0 Å². The van der Waals surface area contributed by atoms with Crippen molar-refractivity contribution in [2.24, 2.45) is 5.92 Å². The number of nitro groups is 1. The molecule has 1 aromatic rings. The molecule has 0 radical (unpaired) electrons. The Morgan fingerprint density at radius 1 is 1.37 bits per heavy atom. The predicted octanol–water partition coefficient (Wildman–Crippen LogP) is 4.24. The molecule has 6 nitrogen and oxygen atoms in total. The molecule has 2 unspecified atom stereocenters. The average molecular weight is 413 g/mol. The van der Waals surface area contributed by atoms with Crippen LogP contribution in [0.5, 0.6) is 0 Å². The maximum atomic E-state index is 11.7. The van der Waals surface area contributed by atoms with Crippen LogP contribution in [-0.2, 0) is 4.79 Å². The molecule has 1 N–H and O–H groups in total. The number of allylic oxidation sites excluding steroid dienone is 1. The van der Waals surface area contributed by atoms with Crippen molar-refractivity contribution < 1.29 is 14.8 Å².